The Labute approximate surface area is 131 Å². The zero-order chi connectivity index (χ0) is 15.3. The topological polar surface area (TPSA) is 30.5 Å². The summed E-state index contributed by atoms with van der Waals surface area (Å²) in [4.78, 5) is 5.07. The van der Waals surface area contributed by atoms with Crippen molar-refractivity contribution in [3.63, 3.8) is 0 Å². The number of hydrogen-bond acceptors (Lipinski definition) is 4. The van der Waals surface area contributed by atoms with E-state index in [9.17, 15) is 0 Å². The highest BCUT2D eigenvalue weighted by Gasteiger charge is 2.29. The molecule has 0 aromatic carbocycles. The number of likely N-dealkylation sites (N-methyl/N-ethyl adjacent to an activating group) is 1. The first-order valence-electron chi connectivity index (χ1n) is 8.88. The van der Waals surface area contributed by atoms with Gasteiger partial charge in [0.25, 0.3) is 0 Å². The van der Waals surface area contributed by atoms with Gasteiger partial charge in [-0.25, -0.2) is 0 Å². The summed E-state index contributed by atoms with van der Waals surface area (Å²) >= 11 is 0. The summed E-state index contributed by atoms with van der Waals surface area (Å²) < 4.78 is 0. The first kappa shape index (κ1) is 17.2. The van der Waals surface area contributed by atoms with Crippen molar-refractivity contribution in [2.24, 2.45) is 0 Å². The number of rotatable bonds is 6. The first-order valence-corrected chi connectivity index (χ1v) is 8.88. The van der Waals surface area contributed by atoms with Crippen molar-refractivity contribution in [3.8, 4) is 0 Å². The standard InChI is InChI=1S/C17H36N4/c1-15(13-16-7-5-6-8-18-16)19-14-17(2,3)21-11-9-20(4)10-12-21/h15-16,18-19H,5-14H2,1-4H3. The quantitative estimate of drug-likeness (QED) is 0.778. The summed E-state index contributed by atoms with van der Waals surface area (Å²) in [5, 5.41) is 7.44. The van der Waals surface area contributed by atoms with Crippen molar-refractivity contribution in [1.82, 2.24) is 20.4 Å². The Balaban J connectivity index is 1.70. The van der Waals surface area contributed by atoms with Crippen molar-refractivity contribution in [1.29, 1.82) is 0 Å². The molecule has 4 heteroatoms. The van der Waals surface area contributed by atoms with Gasteiger partial charge in [0, 0.05) is 50.3 Å². The van der Waals surface area contributed by atoms with E-state index in [1.54, 1.807) is 0 Å². The van der Waals surface area contributed by atoms with Crippen LogP contribution in [-0.2, 0) is 0 Å². The fraction of sp³-hybridized carbons (Fsp3) is 1.00. The van der Waals surface area contributed by atoms with Gasteiger partial charge in [-0.3, -0.25) is 4.90 Å². The minimum atomic E-state index is 0.259. The molecule has 21 heavy (non-hydrogen) atoms. The molecule has 2 aliphatic rings. The van der Waals surface area contributed by atoms with Gasteiger partial charge in [-0.05, 0) is 53.6 Å². The predicted octanol–water partition coefficient (Wildman–Crippen LogP) is 1.52. The maximum Gasteiger partial charge on any atom is 0.0278 e. The third-order valence-electron chi connectivity index (χ3n) is 5.29. The molecule has 0 saturated carbocycles. The van der Waals surface area contributed by atoms with Crippen molar-refractivity contribution < 1.29 is 0 Å². The molecule has 0 radical (unpaired) electrons. The molecule has 4 nitrogen and oxygen atoms in total. The van der Waals surface area contributed by atoms with E-state index in [-0.39, 0.29) is 5.54 Å². The lowest BCUT2D eigenvalue weighted by molar-refractivity contribution is 0.0600. The lowest BCUT2D eigenvalue weighted by atomic mass is 9.97. The van der Waals surface area contributed by atoms with Crippen LogP contribution in [0.2, 0.25) is 0 Å². The molecular formula is C17H36N4. The highest BCUT2D eigenvalue weighted by Crippen LogP contribution is 2.17. The Kier molecular flexibility index (Phi) is 6.48. The van der Waals surface area contributed by atoms with E-state index in [4.69, 9.17) is 0 Å². The predicted molar refractivity (Wildman–Crippen MR) is 90.9 cm³/mol. The fourth-order valence-corrected chi connectivity index (χ4v) is 3.58. The minimum Gasteiger partial charge on any atom is -0.314 e. The molecule has 2 aliphatic heterocycles. The summed E-state index contributed by atoms with van der Waals surface area (Å²) in [7, 11) is 2.22. The Morgan fingerprint density at radius 2 is 1.90 bits per heavy atom. The second kappa shape index (κ2) is 7.91. The molecule has 0 amide bonds. The van der Waals surface area contributed by atoms with E-state index < -0.39 is 0 Å². The summed E-state index contributed by atoms with van der Waals surface area (Å²) in [5.41, 5.74) is 0.259. The lowest BCUT2D eigenvalue weighted by Gasteiger charge is -2.44. The Bertz CT molecular complexity index is 291. The van der Waals surface area contributed by atoms with Gasteiger partial charge >= 0.3 is 0 Å². The molecule has 2 saturated heterocycles. The Morgan fingerprint density at radius 3 is 2.52 bits per heavy atom. The number of piperidine rings is 1. The van der Waals surface area contributed by atoms with Crippen LogP contribution in [-0.4, -0.2) is 73.7 Å². The normalized spacial score (nSPS) is 27.7. The Hall–Kier alpha value is -0.160. The van der Waals surface area contributed by atoms with Gasteiger partial charge < -0.3 is 15.5 Å². The van der Waals surface area contributed by atoms with E-state index in [0.29, 0.717) is 6.04 Å². The number of hydrogen-bond donors (Lipinski definition) is 2. The van der Waals surface area contributed by atoms with Crippen LogP contribution in [0, 0.1) is 0 Å². The molecule has 2 heterocycles. The van der Waals surface area contributed by atoms with Gasteiger partial charge in [-0.15, -0.1) is 0 Å². The van der Waals surface area contributed by atoms with Gasteiger partial charge in [0.1, 0.15) is 0 Å². The fourth-order valence-electron chi connectivity index (χ4n) is 3.58. The van der Waals surface area contributed by atoms with Crippen molar-refractivity contribution in [3.05, 3.63) is 0 Å². The average Bonchev–Trinajstić information content (AvgIpc) is 2.47. The summed E-state index contributed by atoms with van der Waals surface area (Å²) in [6.45, 7) is 14.2. The van der Waals surface area contributed by atoms with Gasteiger partial charge in [-0.1, -0.05) is 6.42 Å². The number of nitrogens with zero attached hydrogens (tertiary/aromatic N) is 2. The maximum atomic E-state index is 3.78. The number of nitrogens with one attached hydrogen (secondary N) is 2. The highest BCUT2D eigenvalue weighted by atomic mass is 15.3. The highest BCUT2D eigenvalue weighted by molar-refractivity contribution is 4.88. The zero-order valence-electron chi connectivity index (χ0n) is 14.6. The second-order valence-corrected chi connectivity index (χ2v) is 7.77. The van der Waals surface area contributed by atoms with Crippen LogP contribution in [0.25, 0.3) is 0 Å². The van der Waals surface area contributed by atoms with E-state index in [2.05, 4.69) is 48.3 Å². The van der Waals surface area contributed by atoms with Gasteiger partial charge in [0.15, 0.2) is 0 Å². The Morgan fingerprint density at radius 1 is 1.19 bits per heavy atom. The molecule has 124 valence electrons. The molecule has 2 atom stereocenters. The van der Waals surface area contributed by atoms with Crippen molar-refractivity contribution in [2.45, 2.75) is 64.1 Å². The lowest BCUT2D eigenvalue weighted by Crippen LogP contribution is -2.58. The van der Waals surface area contributed by atoms with Crippen LogP contribution in [0.5, 0.6) is 0 Å². The molecule has 0 bridgehead atoms. The van der Waals surface area contributed by atoms with Crippen molar-refractivity contribution in [2.75, 3.05) is 46.3 Å². The third kappa shape index (κ3) is 5.51. The number of piperazine rings is 1. The van der Waals surface area contributed by atoms with Crippen LogP contribution in [0.4, 0.5) is 0 Å². The SMILES string of the molecule is CC(CC1CCCCN1)NCC(C)(C)N1CCN(C)CC1. The molecule has 0 spiro atoms. The van der Waals surface area contributed by atoms with E-state index in [1.807, 2.05) is 0 Å². The van der Waals surface area contributed by atoms with Gasteiger partial charge in [-0.2, -0.15) is 0 Å². The van der Waals surface area contributed by atoms with Gasteiger partial charge in [0.2, 0.25) is 0 Å². The van der Waals surface area contributed by atoms with E-state index in [1.165, 1.54) is 58.4 Å². The smallest absolute Gasteiger partial charge is 0.0278 e. The largest absolute Gasteiger partial charge is 0.314 e. The van der Waals surface area contributed by atoms with Crippen molar-refractivity contribution >= 4 is 0 Å². The molecule has 2 rings (SSSR count). The van der Waals surface area contributed by atoms with Crippen LogP contribution in [0.3, 0.4) is 0 Å². The van der Waals surface area contributed by atoms with Crippen LogP contribution < -0.4 is 10.6 Å². The molecule has 0 aliphatic carbocycles. The molecular weight excluding hydrogens is 260 g/mol. The van der Waals surface area contributed by atoms with E-state index in [0.717, 1.165) is 12.6 Å². The second-order valence-electron chi connectivity index (χ2n) is 7.77. The minimum absolute atomic E-state index is 0.259. The monoisotopic (exact) mass is 296 g/mol. The average molecular weight is 297 g/mol. The molecule has 0 aromatic rings. The van der Waals surface area contributed by atoms with Gasteiger partial charge in [0.05, 0.1) is 0 Å². The first-order chi connectivity index (χ1) is 9.97. The van der Waals surface area contributed by atoms with Crippen LogP contribution in [0.1, 0.15) is 46.5 Å². The third-order valence-corrected chi connectivity index (χ3v) is 5.29. The van der Waals surface area contributed by atoms with Crippen LogP contribution in [0.15, 0.2) is 0 Å². The van der Waals surface area contributed by atoms with Crippen LogP contribution >= 0.6 is 0 Å². The molecule has 2 unspecified atom stereocenters. The molecule has 2 fully saturated rings. The summed E-state index contributed by atoms with van der Waals surface area (Å²) in [6, 6.07) is 1.33. The summed E-state index contributed by atoms with van der Waals surface area (Å²) in [6.07, 6.45) is 5.37. The molecule has 2 N–H and O–H groups in total. The summed E-state index contributed by atoms with van der Waals surface area (Å²) in [5.74, 6) is 0. The van der Waals surface area contributed by atoms with E-state index >= 15 is 0 Å². The molecule has 0 aromatic heterocycles. The maximum absolute atomic E-state index is 3.78. The zero-order valence-corrected chi connectivity index (χ0v) is 14.6.